The number of fused-ring (bicyclic) bond motifs is 1. The van der Waals surface area contributed by atoms with E-state index in [1.807, 2.05) is 20.0 Å². The number of urea groups is 1. The van der Waals surface area contributed by atoms with E-state index in [4.69, 9.17) is 0 Å². The maximum absolute atomic E-state index is 11.7. The van der Waals surface area contributed by atoms with Crippen molar-refractivity contribution in [1.29, 1.82) is 0 Å². The van der Waals surface area contributed by atoms with Crippen molar-refractivity contribution in [3.05, 3.63) is 35.5 Å². The van der Waals surface area contributed by atoms with Crippen molar-refractivity contribution in [1.82, 2.24) is 15.6 Å². The Morgan fingerprint density at radius 3 is 2.83 bits per heavy atom. The minimum atomic E-state index is -0.488. The second-order valence-electron chi connectivity index (χ2n) is 6.53. The van der Waals surface area contributed by atoms with Crippen molar-refractivity contribution in [3.8, 4) is 0 Å². The standard InChI is InChI=1S/C18H27N3O2/c1-12(2)8-15(22)11-21-18(23)19-7-6-14-10-20-17-9-13(3)4-5-16(14)17/h4-5,9-10,12,15,20,22H,6-8,11H2,1-3H3,(H2,19,21,23). The number of carbonyl (C=O) groups is 1. The highest BCUT2D eigenvalue weighted by Gasteiger charge is 2.09. The van der Waals surface area contributed by atoms with Gasteiger partial charge in [0, 0.05) is 30.2 Å². The molecule has 5 nitrogen and oxygen atoms in total. The predicted octanol–water partition coefficient (Wildman–Crippen LogP) is 2.73. The van der Waals surface area contributed by atoms with Gasteiger partial charge in [-0.3, -0.25) is 0 Å². The van der Waals surface area contributed by atoms with Crippen LogP contribution < -0.4 is 10.6 Å². The summed E-state index contributed by atoms with van der Waals surface area (Å²) < 4.78 is 0. The molecule has 5 heteroatoms. The van der Waals surface area contributed by atoms with Crippen LogP contribution in [0.1, 0.15) is 31.4 Å². The summed E-state index contributed by atoms with van der Waals surface area (Å²) in [5.74, 6) is 0.417. The molecule has 126 valence electrons. The SMILES string of the molecule is Cc1ccc2c(CCNC(=O)NCC(O)CC(C)C)c[nH]c2c1. The topological polar surface area (TPSA) is 77.2 Å². The third-order valence-corrected chi connectivity index (χ3v) is 3.84. The largest absolute Gasteiger partial charge is 0.391 e. The molecule has 0 aliphatic heterocycles. The Morgan fingerprint density at radius 1 is 1.30 bits per heavy atom. The smallest absolute Gasteiger partial charge is 0.314 e. The maximum Gasteiger partial charge on any atom is 0.314 e. The molecule has 1 atom stereocenters. The second kappa shape index (κ2) is 8.02. The molecule has 2 amide bonds. The number of hydrogen-bond acceptors (Lipinski definition) is 2. The van der Waals surface area contributed by atoms with Crippen molar-refractivity contribution in [3.63, 3.8) is 0 Å². The fraction of sp³-hybridized carbons (Fsp3) is 0.500. The summed E-state index contributed by atoms with van der Waals surface area (Å²) in [7, 11) is 0. The molecule has 2 rings (SSSR count). The molecule has 0 spiro atoms. The van der Waals surface area contributed by atoms with E-state index in [0.717, 1.165) is 11.9 Å². The van der Waals surface area contributed by atoms with Crippen LogP contribution >= 0.6 is 0 Å². The van der Waals surface area contributed by atoms with Crippen LogP contribution in [0.15, 0.2) is 24.4 Å². The van der Waals surface area contributed by atoms with Gasteiger partial charge in [-0.15, -0.1) is 0 Å². The van der Waals surface area contributed by atoms with E-state index in [-0.39, 0.29) is 12.6 Å². The summed E-state index contributed by atoms with van der Waals surface area (Å²) in [6.07, 6.45) is 2.97. The quantitative estimate of drug-likeness (QED) is 0.634. The van der Waals surface area contributed by atoms with Crippen LogP contribution in [0, 0.1) is 12.8 Å². The van der Waals surface area contributed by atoms with Crippen molar-refractivity contribution in [2.45, 2.75) is 39.7 Å². The number of aliphatic hydroxyl groups is 1. The van der Waals surface area contributed by atoms with E-state index in [1.54, 1.807) is 0 Å². The number of hydrogen-bond donors (Lipinski definition) is 4. The second-order valence-corrected chi connectivity index (χ2v) is 6.53. The van der Waals surface area contributed by atoms with Gasteiger partial charge in [-0.2, -0.15) is 0 Å². The minimum Gasteiger partial charge on any atom is -0.391 e. The molecule has 0 aliphatic carbocycles. The summed E-state index contributed by atoms with van der Waals surface area (Å²) >= 11 is 0. The third kappa shape index (κ3) is 5.28. The van der Waals surface area contributed by atoms with Gasteiger partial charge >= 0.3 is 6.03 Å². The zero-order valence-electron chi connectivity index (χ0n) is 14.1. The van der Waals surface area contributed by atoms with E-state index >= 15 is 0 Å². The summed E-state index contributed by atoms with van der Waals surface area (Å²) in [4.78, 5) is 15.0. The van der Waals surface area contributed by atoms with Crippen molar-refractivity contribution in [2.24, 2.45) is 5.92 Å². The average molecular weight is 317 g/mol. The highest BCUT2D eigenvalue weighted by Crippen LogP contribution is 2.19. The molecule has 2 aromatic rings. The third-order valence-electron chi connectivity index (χ3n) is 3.84. The Morgan fingerprint density at radius 2 is 2.09 bits per heavy atom. The monoisotopic (exact) mass is 317 g/mol. The van der Waals surface area contributed by atoms with Gasteiger partial charge in [-0.25, -0.2) is 4.79 Å². The maximum atomic E-state index is 11.7. The first-order chi connectivity index (χ1) is 11.0. The van der Waals surface area contributed by atoms with Crippen LogP contribution in [0.2, 0.25) is 0 Å². The van der Waals surface area contributed by atoms with Crippen LogP contribution in [0.25, 0.3) is 10.9 Å². The fourth-order valence-corrected chi connectivity index (χ4v) is 2.72. The summed E-state index contributed by atoms with van der Waals surface area (Å²) in [5.41, 5.74) is 3.55. The van der Waals surface area contributed by atoms with E-state index in [2.05, 4.69) is 40.7 Å². The Bertz CT molecular complexity index is 649. The number of nitrogens with one attached hydrogen (secondary N) is 3. The van der Waals surface area contributed by atoms with Crippen LogP contribution in [0.4, 0.5) is 4.79 Å². The van der Waals surface area contributed by atoms with E-state index in [9.17, 15) is 9.90 Å². The lowest BCUT2D eigenvalue weighted by Gasteiger charge is -2.14. The number of aryl methyl sites for hydroxylation is 1. The normalized spacial score (nSPS) is 12.6. The predicted molar refractivity (Wildman–Crippen MR) is 93.6 cm³/mol. The number of aromatic nitrogens is 1. The molecular weight excluding hydrogens is 290 g/mol. The Kier molecular flexibility index (Phi) is 6.04. The molecule has 1 unspecified atom stereocenters. The van der Waals surface area contributed by atoms with Crippen LogP contribution in [0.3, 0.4) is 0 Å². The molecule has 1 aromatic heterocycles. The zero-order chi connectivity index (χ0) is 16.8. The van der Waals surface area contributed by atoms with Gasteiger partial charge in [0.2, 0.25) is 0 Å². The lowest BCUT2D eigenvalue weighted by Crippen LogP contribution is -2.40. The van der Waals surface area contributed by atoms with E-state index in [0.29, 0.717) is 18.9 Å². The first-order valence-corrected chi connectivity index (χ1v) is 8.22. The summed E-state index contributed by atoms with van der Waals surface area (Å²) in [6.45, 7) is 7.01. The molecule has 0 radical (unpaired) electrons. The molecule has 0 bridgehead atoms. The van der Waals surface area contributed by atoms with Gasteiger partial charge in [0.15, 0.2) is 0 Å². The number of aliphatic hydroxyl groups excluding tert-OH is 1. The number of H-pyrrole nitrogens is 1. The zero-order valence-corrected chi connectivity index (χ0v) is 14.1. The molecule has 1 aromatic carbocycles. The van der Waals surface area contributed by atoms with Gasteiger partial charge in [0.25, 0.3) is 0 Å². The van der Waals surface area contributed by atoms with Gasteiger partial charge < -0.3 is 20.7 Å². The van der Waals surface area contributed by atoms with Crippen LogP contribution in [-0.4, -0.2) is 35.3 Å². The first kappa shape index (κ1) is 17.3. The molecule has 1 heterocycles. The van der Waals surface area contributed by atoms with E-state index in [1.165, 1.54) is 16.5 Å². The molecule has 0 saturated heterocycles. The van der Waals surface area contributed by atoms with Crippen LogP contribution in [-0.2, 0) is 6.42 Å². The molecule has 23 heavy (non-hydrogen) atoms. The molecule has 0 aliphatic rings. The Hall–Kier alpha value is -2.01. The van der Waals surface area contributed by atoms with Gasteiger partial charge in [0.1, 0.15) is 0 Å². The lowest BCUT2D eigenvalue weighted by molar-refractivity contribution is 0.147. The minimum absolute atomic E-state index is 0.233. The number of amides is 2. The van der Waals surface area contributed by atoms with Gasteiger partial charge in [-0.1, -0.05) is 26.0 Å². The van der Waals surface area contributed by atoms with Crippen molar-refractivity contribution >= 4 is 16.9 Å². The molecule has 4 N–H and O–H groups in total. The number of carbonyl (C=O) groups excluding carboxylic acids is 1. The Labute approximate surface area is 137 Å². The molecular formula is C18H27N3O2. The van der Waals surface area contributed by atoms with Crippen molar-refractivity contribution < 1.29 is 9.90 Å². The molecule has 0 saturated carbocycles. The number of aromatic amines is 1. The highest BCUT2D eigenvalue weighted by atomic mass is 16.3. The van der Waals surface area contributed by atoms with E-state index < -0.39 is 6.10 Å². The summed E-state index contributed by atoms with van der Waals surface area (Å²) in [5, 5.41) is 16.5. The average Bonchev–Trinajstić information content (AvgIpc) is 2.87. The number of benzene rings is 1. The summed E-state index contributed by atoms with van der Waals surface area (Å²) in [6, 6.07) is 6.09. The molecule has 0 fully saturated rings. The van der Waals surface area contributed by atoms with Gasteiger partial charge in [-0.05, 0) is 42.9 Å². The van der Waals surface area contributed by atoms with Crippen LogP contribution in [0.5, 0.6) is 0 Å². The van der Waals surface area contributed by atoms with Gasteiger partial charge in [0.05, 0.1) is 6.10 Å². The number of rotatable bonds is 7. The highest BCUT2D eigenvalue weighted by molar-refractivity contribution is 5.83. The lowest BCUT2D eigenvalue weighted by atomic mass is 10.1. The first-order valence-electron chi connectivity index (χ1n) is 8.22. The Balaban J connectivity index is 1.74. The fourth-order valence-electron chi connectivity index (χ4n) is 2.72. The van der Waals surface area contributed by atoms with Crippen molar-refractivity contribution in [2.75, 3.05) is 13.1 Å².